The fourth-order valence-electron chi connectivity index (χ4n) is 1.33. The lowest BCUT2D eigenvalue weighted by atomic mass is 10.1. The highest BCUT2D eigenvalue weighted by molar-refractivity contribution is 7.10. The van der Waals surface area contributed by atoms with Crippen LogP contribution in [0.25, 0.3) is 11.1 Å². The normalized spacial score (nSPS) is 10.4. The largest absolute Gasteiger partial charge is 0.326 e. The third-order valence-electron chi connectivity index (χ3n) is 1.99. The number of nitrogens with zero attached hydrogens (tertiary/aromatic N) is 1. The van der Waals surface area contributed by atoms with Gasteiger partial charge in [-0.2, -0.15) is 0 Å². The monoisotopic (exact) mass is 208 g/mol. The van der Waals surface area contributed by atoms with E-state index in [1.807, 2.05) is 11.4 Å². The van der Waals surface area contributed by atoms with Crippen molar-refractivity contribution in [3.8, 4) is 11.1 Å². The third kappa shape index (κ3) is 1.54. The summed E-state index contributed by atoms with van der Waals surface area (Å²) in [6.07, 6.45) is 2.80. The molecule has 0 aliphatic carbocycles. The van der Waals surface area contributed by atoms with E-state index < -0.39 is 0 Å². The molecule has 0 fully saturated rings. The number of hydrogen-bond donors (Lipinski definition) is 1. The van der Waals surface area contributed by atoms with Crippen molar-refractivity contribution >= 4 is 11.3 Å². The molecule has 2 aromatic rings. The molecular weight excluding hydrogens is 199 g/mol. The Kier molecular flexibility index (Phi) is 2.56. The second kappa shape index (κ2) is 3.86. The molecule has 72 valence electrons. The van der Waals surface area contributed by atoms with E-state index in [1.165, 1.54) is 6.20 Å². The smallest absolute Gasteiger partial charge is 0.149 e. The molecule has 2 rings (SSSR count). The van der Waals surface area contributed by atoms with Crippen LogP contribution in [0, 0.1) is 5.82 Å². The summed E-state index contributed by atoms with van der Waals surface area (Å²) in [5.74, 6) is -0.305. The lowest BCUT2D eigenvalue weighted by Crippen LogP contribution is -1.95. The van der Waals surface area contributed by atoms with Gasteiger partial charge in [0.15, 0.2) is 0 Å². The Bertz CT molecular complexity index is 439. The first-order chi connectivity index (χ1) is 6.83. The van der Waals surface area contributed by atoms with Crippen molar-refractivity contribution in [2.45, 2.75) is 6.54 Å². The van der Waals surface area contributed by atoms with E-state index in [2.05, 4.69) is 4.98 Å². The molecule has 0 unspecified atom stereocenters. The van der Waals surface area contributed by atoms with E-state index in [-0.39, 0.29) is 5.82 Å². The number of halogens is 1. The molecule has 0 atom stereocenters. The first kappa shape index (κ1) is 9.30. The molecule has 14 heavy (non-hydrogen) atoms. The van der Waals surface area contributed by atoms with E-state index in [0.717, 1.165) is 10.4 Å². The van der Waals surface area contributed by atoms with Crippen LogP contribution in [0.4, 0.5) is 4.39 Å². The first-order valence-electron chi connectivity index (χ1n) is 4.19. The molecule has 0 aromatic carbocycles. The lowest BCUT2D eigenvalue weighted by molar-refractivity contribution is 0.625. The highest BCUT2D eigenvalue weighted by Gasteiger charge is 2.09. The molecule has 0 aliphatic rings. The molecule has 2 nitrogen and oxygen atoms in total. The summed E-state index contributed by atoms with van der Waals surface area (Å²) in [6.45, 7) is 0.439. The van der Waals surface area contributed by atoms with E-state index in [0.29, 0.717) is 12.1 Å². The predicted octanol–water partition coefficient (Wildman–Crippen LogP) is 2.41. The van der Waals surface area contributed by atoms with Gasteiger partial charge < -0.3 is 5.73 Å². The van der Waals surface area contributed by atoms with Crippen molar-refractivity contribution in [3.05, 3.63) is 40.6 Å². The number of thiophene rings is 1. The van der Waals surface area contributed by atoms with Gasteiger partial charge in [-0.05, 0) is 23.1 Å². The van der Waals surface area contributed by atoms with Gasteiger partial charge in [0.2, 0.25) is 0 Å². The molecule has 2 heterocycles. The highest BCUT2D eigenvalue weighted by atomic mass is 32.1. The van der Waals surface area contributed by atoms with Crippen LogP contribution < -0.4 is 5.73 Å². The quantitative estimate of drug-likeness (QED) is 0.823. The summed E-state index contributed by atoms with van der Waals surface area (Å²) in [6, 6.07) is 3.54. The number of pyridine rings is 1. The summed E-state index contributed by atoms with van der Waals surface area (Å²) in [4.78, 5) is 4.70. The minimum absolute atomic E-state index is 0.305. The fourth-order valence-corrected chi connectivity index (χ4v) is 2.10. The molecular formula is C10H9FN2S. The second-order valence-corrected chi connectivity index (χ2v) is 3.82. The number of rotatable bonds is 2. The van der Waals surface area contributed by atoms with Crippen LogP contribution in [0.15, 0.2) is 29.9 Å². The molecule has 0 bridgehead atoms. The number of hydrogen-bond acceptors (Lipinski definition) is 3. The van der Waals surface area contributed by atoms with Gasteiger partial charge in [0.25, 0.3) is 0 Å². The van der Waals surface area contributed by atoms with Crippen molar-refractivity contribution in [2.75, 3.05) is 0 Å². The van der Waals surface area contributed by atoms with Crippen LogP contribution in [-0.2, 0) is 6.54 Å². The molecule has 0 saturated carbocycles. The molecule has 0 spiro atoms. The van der Waals surface area contributed by atoms with Crippen LogP contribution in [0.3, 0.4) is 0 Å². The maximum atomic E-state index is 13.4. The van der Waals surface area contributed by atoms with Gasteiger partial charge in [-0.3, -0.25) is 4.98 Å². The second-order valence-electron chi connectivity index (χ2n) is 2.82. The van der Waals surface area contributed by atoms with Gasteiger partial charge >= 0.3 is 0 Å². The zero-order valence-electron chi connectivity index (χ0n) is 7.40. The molecule has 2 N–H and O–H groups in total. The molecule has 2 aromatic heterocycles. The summed E-state index contributed by atoms with van der Waals surface area (Å²) in [7, 11) is 0. The Morgan fingerprint density at radius 3 is 2.93 bits per heavy atom. The van der Waals surface area contributed by atoms with Crippen molar-refractivity contribution in [2.24, 2.45) is 5.73 Å². The molecule has 4 heteroatoms. The average Bonchev–Trinajstić information content (AvgIpc) is 2.66. The Hall–Kier alpha value is -1.26. The van der Waals surface area contributed by atoms with E-state index in [4.69, 9.17) is 5.73 Å². The summed E-state index contributed by atoms with van der Waals surface area (Å²) >= 11 is 1.54. The summed E-state index contributed by atoms with van der Waals surface area (Å²) in [5.41, 5.74) is 7.00. The maximum absolute atomic E-state index is 13.4. The number of nitrogens with two attached hydrogens (primary N) is 1. The molecule has 0 saturated heterocycles. The van der Waals surface area contributed by atoms with Gasteiger partial charge in [-0.1, -0.05) is 0 Å². The third-order valence-corrected chi connectivity index (χ3v) is 2.94. The van der Waals surface area contributed by atoms with Gasteiger partial charge in [0, 0.05) is 23.2 Å². The zero-order valence-corrected chi connectivity index (χ0v) is 8.22. The number of aromatic nitrogens is 1. The van der Waals surface area contributed by atoms with Crippen molar-refractivity contribution in [1.82, 2.24) is 4.98 Å². The standard InChI is InChI=1S/C10H9FN2S/c11-9-6-13-3-1-7(9)8-2-4-14-10(8)5-12/h1-4,6H,5,12H2. The van der Waals surface area contributed by atoms with Crippen LogP contribution in [0.1, 0.15) is 4.88 Å². The first-order valence-corrected chi connectivity index (χ1v) is 5.07. The Morgan fingerprint density at radius 1 is 1.36 bits per heavy atom. The van der Waals surface area contributed by atoms with Crippen molar-refractivity contribution < 1.29 is 4.39 Å². The van der Waals surface area contributed by atoms with Crippen molar-refractivity contribution in [3.63, 3.8) is 0 Å². The Morgan fingerprint density at radius 2 is 2.21 bits per heavy atom. The Balaban J connectivity index is 2.54. The summed E-state index contributed by atoms with van der Waals surface area (Å²) in [5, 5.41) is 1.91. The van der Waals surface area contributed by atoms with Gasteiger partial charge in [0.1, 0.15) is 5.82 Å². The minimum atomic E-state index is -0.305. The molecule has 0 radical (unpaired) electrons. The molecule has 0 aliphatic heterocycles. The van der Waals surface area contributed by atoms with Crippen LogP contribution in [0.2, 0.25) is 0 Å². The summed E-state index contributed by atoms with van der Waals surface area (Å²) < 4.78 is 13.4. The van der Waals surface area contributed by atoms with Crippen LogP contribution in [-0.4, -0.2) is 4.98 Å². The zero-order chi connectivity index (χ0) is 9.97. The van der Waals surface area contributed by atoms with E-state index in [1.54, 1.807) is 23.6 Å². The van der Waals surface area contributed by atoms with Crippen LogP contribution in [0.5, 0.6) is 0 Å². The fraction of sp³-hybridized carbons (Fsp3) is 0.100. The highest BCUT2D eigenvalue weighted by Crippen LogP contribution is 2.29. The Labute approximate surface area is 85.2 Å². The van der Waals surface area contributed by atoms with Gasteiger partial charge in [-0.25, -0.2) is 4.39 Å². The average molecular weight is 208 g/mol. The molecule has 0 amide bonds. The minimum Gasteiger partial charge on any atom is -0.326 e. The maximum Gasteiger partial charge on any atom is 0.149 e. The van der Waals surface area contributed by atoms with Gasteiger partial charge in [-0.15, -0.1) is 11.3 Å². The van der Waals surface area contributed by atoms with E-state index >= 15 is 0 Å². The SMILES string of the molecule is NCc1sccc1-c1ccncc1F. The predicted molar refractivity (Wildman–Crippen MR) is 55.4 cm³/mol. The van der Waals surface area contributed by atoms with Crippen molar-refractivity contribution in [1.29, 1.82) is 0 Å². The topological polar surface area (TPSA) is 38.9 Å². The van der Waals surface area contributed by atoms with E-state index in [9.17, 15) is 4.39 Å². The lowest BCUT2D eigenvalue weighted by Gasteiger charge is -2.02. The van der Waals surface area contributed by atoms with Gasteiger partial charge in [0.05, 0.1) is 6.20 Å². The van der Waals surface area contributed by atoms with Crippen LogP contribution >= 0.6 is 11.3 Å².